The third-order valence-corrected chi connectivity index (χ3v) is 6.61. The van der Waals surface area contributed by atoms with Gasteiger partial charge in [-0.1, -0.05) is 13.8 Å². The van der Waals surface area contributed by atoms with Gasteiger partial charge in [-0.15, -0.1) is 0 Å². The van der Waals surface area contributed by atoms with Crippen LogP contribution in [-0.2, 0) is 14.8 Å². The summed E-state index contributed by atoms with van der Waals surface area (Å²) in [6, 6.07) is 3.34. The normalized spacial score (nSPS) is 15.6. The fraction of sp³-hybridized carbons (Fsp3) is 0.526. The lowest BCUT2D eigenvalue weighted by Crippen LogP contribution is -2.41. The number of allylic oxidation sites excluding steroid dienone is 1. The van der Waals surface area contributed by atoms with Gasteiger partial charge < -0.3 is 14.8 Å². The molecular weight excluding hydrogens is 368 g/mol. The molecule has 1 aromatic rings. The third kappa shape index (κ3) is 3.90. The fourth-order valence-corrected chi connectivity index (χ4v) is 4.89. The van der Waals surface area contributed by atoms with Crippen LogP contribution >= 0.6 is 0 Å². The van der Waals surface area contributed by atoms with Gasteiger partial charge in [0, 0.05) is 24.7 Å². The first-order valence-corrected chi connectivity index (χ1v) is 10.4. The van der Waals surface area contributed by atoms with E-state index in [0.29, 0.717) is 40.8 Å². The molecule has 0 aromatic heterocycles. The van der Waals surface area contributed by atoms with Gasteiger partial charge in [0.2, 0.25) is 0 Å². The molecule has 150 valence electrons. The number of nitrogens with one attached hydrogen (secondary N) is 1. The molecule has 1 aliphatic rings. The van der Waals surface area contributed by atoms with Crippen LogP contribution in [0.3, 0.4) is 0 Å². The van der Waals surface area contributed by atoms with Gasteiger partial charge in [-0.05, 0) is 37.8 Å². The van der Waals surface area contributed by atoms with E-state index in [0.717, 1.165) is 6.42 Å². The Morgan fingerprint density at radius 2 is 1.78 bits per heavy atom. The van der Waals surface area contributed by atoms with E-state index >= 15 is 0 Å². The van der Waals surface area contributed by atoms with Gasteiger partial charge in [0.05, 0.1) is 19.9 Å². The summed E-state index contributed by atoms with van der Waals surface area (Å²) in [6.45, 7) is 8.08. The molecule has 2 rings (SSSR count). The molecule has 0 aliphatic carbocycles. The number of hydrogen-bond donors (Lipinski definition) is 1. The molecule has 0 saturated carbocycles. The largest absolute Gasteiger partial charge is 0.493 e. The Kier molecular flexibility index (Phi) is 6.41. The van der Waals surface area contributed by atoms with Crippen LogP contribution in [0.15, 0.2) is 17.0 Å². The molecule has 1 aromatic carbocycles. The van der Waals surface area contributed by atoms with E-state index in [2.05, 4.69) is 5.32 Å². The third-order valence-electron chi connectivity index (χ3n) is 4.56. The number of amides is 1. The second-order valence-electron chi connectivity index (χ2n) is 6.79. The van der Waals surface area contributed by atoms with Crippen molar-refractivity contribution in [1.29, 1.82) is 0 Å². The van der Waals surface area contributed by atoms with E-state index in [9.17, 15) is 13.2 Å². The van der Waals surface area contributed by atoms with Crippen LogP contribution in [0.1, 0.15) is 39.7 Å². The predicted octanol–water partition coefficient (Wildman–Crippen LogP) is 2.77. The van der Waals surface area contributed by atoms with Crippen molar-refractivity contribution in [1.82, 2.24) is 5.32 Å². The molecule has 0 bridgehead atoms. The fourth-order valence-electron chi connectivity index (χ4n) is 3.11. The smallest absolute Gasteiger partial charge is 0.270 e. The van der Waals surface area contributed by atoms with Crippen molar-refractivity contribution >= 4 is 27.2 Å². The first-order chi connectivity index (χ1) is 12.7. The van der Waals surface area contributed by atoms with Gasteiger partial charge in [-0.25, -0.2) is 8.42 Å². The molecule has 0 atom stereocenters. The molecule has 27 heavy (non-hydrogen) atoms. The van der Waals surface area contributed by atoms with Crippen LogP contribution in [-0.4, -0.2) is 41.6 Å². The van der Waals surface area contributed by atoms with Crippen LogP contribution < -0.4 is 19.1 Å². The number of ether oxygens (including phenoxy) is 2. The van der Waals surface area contributed by atoms with E-state index in [-0.39, 0.29) is 11.4 Å². The molecule has 0 unspecified atom stereocenters. The van der Waals surface area contributed by atoms with E-state index in [1.807, 2.05) is 13.8 Å². The van der Waals surface area contributed by atoms with Gasteiger partial charge in [-0.3, -0.25) is 9.10 Å². The van der Waals surface area contributed by atoms with Crippen molar-refractivity contribution in [2.75, 3.05) is 31.6 Å². The number of methoxy groups -OCH3 is 2. The predicted molar refractivity (Wildman–Crippen MR) is 107 cm³/mol. The van der Waals surface area contributed by atoms with E-state index in [1.165, 1.54) is 18.5 Å². The second-order valence-corrected chi connectivity index (χ2v) is 8.59. The lowest BCUT2D eigenvalue weighted by Gasteiger charge is -2.32. The zero-order valence-electron chi connectivity index (χ0n) is 16.8. The van der Waals surface area contributed by atoms with E-state index < -0.39 is 15.9 Å². The minimum absolute atomic E-state index is 0.195. The maximum atomic E-state index is 13.1. The Morgan fingerprint density at radius 1 is 1.19 bits per heavy atom. The first kappa shape index (κ1) is 21.1. The molecule has 1 aliphatic heterocycles. The molecule has 0 radical (unpaired) electrons. The number of carbonyl (C=O) groups excluding carboxylic acids is 1. The lowest BCUT2D eigenvalue weighted by atomic mass is 10.0. The summed E-state index contributed by atoms with van der Waals surface area (Å²) in [4.78, 5) is 12.5. The van der Waals surface area contributed by atoms with Crippen LogP contribution in [0.25, 0.3) is 5.57 Å². The van der Waals surface area contributed by atoms with Gasteiger partial charge >= 0.3 is 0 Å². The average Bonchev–Trinajstić information content (AvgIpc) is 2.60. The molecule has 1 heterocycles. The number of carbonyl (C=O) groups is 1. The van der Waals surface area contributed by atoms with Gasteiger partial charge in [0.25, 0.3) is 15.9 Å². The summed E-state index contributed by atoms with van der Waals surface area (Å²) >= 11 is 0. The molecule has 0 fully saturated rings. The Morgan fingerprint density at radius 3 is 2.30 bits per heavy atom. The Balaban J connectivity index is 2.61. The second kappa shape index (κ2) is 8.21. The highest BCUT2D eigenvalue weighted by Gasteiger charge is 2.39. The van der Waals surface area contributed by atoms with Crippen molar-refractivity contribution in [3.05, 3.63) is 22.6 Å². The van der Waals surface area contributed by atoms with Crippen LogP contribution in [0, 0.1) is 5.92 Å². The molecule has 0 spiro atoms. The van der Waals surface area contributed by atoms with Crippen molar-refractivity contribution in [3.8, 4) is 11.5 Å². The highest BCUT2D eigenvalue weighted by molar-refractivity contribution is 7.97. The van der Waals surface area contributed by atoms with E-state index in [1.54, 1.807) is 26.0 Å². The standard InChI is InChI=1S/C19H28N2O5S/c1-7-21-15-11-17(26-6)16(25-5)10-14(15)13(4)18(27(21,23)24)19(22)20-9-8-12(2)3/h10-12H,7-9H2,1-6H3,(H,20,22). The van der Waals surface area contributed by atoms with Crippen LogP contribution in [0.2, 0.25) is 0 Å². The summed E-state index contributed by atoms with van der Waals surface area (Å²) in [5.74, 6) is 0.744. The summed E-state index contributed by atoms with van der Waals surface area (Å²) in [5.41, 5.74) is 1.52. The van der Waals surface area contributed by atoms with Gasteiger partial charge in [-0.2, -0.15) is 0 Å². The van der Waals surface area contributed by atoms with Crippen molar-refractivity contribution in [2.24, 2.45) is 5.92 Å². The minimum atomic E-state index is -3.97. The Bertz CT molecular complexity index is 859. The highest BCUT2D eigenvalue weighted by Crippen LogP contribution is 2.44. The SMILES string of the molecule is CCN1c2cc(OC)c(OC)cc2C(C)=C(C(=O)NCCC(C)C)S1(=O)=O. The molecule has 1 amide bonds. The summed E-state index contributed by atoms with van der Waals surface area (Å²) in [5, 5.41) is 2.74. The quantitative estimate of drug-likeness (QED) is 0.766. The first-order valence-electron chi connectivity index (χ1n) is 8.97. The molecule has 0 saturated heterocycles. The lowest BCUT2D eigenvalue weighted by molar-refractivity contribution is -0.116. The summed E-state index contributed by atoms with van der Waals surface area (Å²) in [6.07, 6.45) is 0.775. The average molecular weight is 397 g/mol. The maximum Gasteiger partial charge on any atom is 0.270 e. The number of hydrogen-bond acceptors (Lipinski definition) is 5. The molecule has 8 heteroatoms. The number of nitrogens with zero attached hydrogens (tertiary/aromatic N) is 1. The molecule has 7 nitrogen and oxygen atoms in total. The zero-order valence-corrected chi connectivity index (χ0v) is 17.6. The monoisotopic (exact) mass is 396 g/mol. The van der Waals surface area contributed by atoms with Crippen molar-refractivity contribution < 1.29 is 22.7 Å². The highest BCUT2D eigenvalue weighted by atomic mass is 32.2. The molecular formula is C19H28N2O5S. The maximum absolute atomic E-state index is 13.1. The summed E-state index contributed by atoms with van der Waals surface area (Å²) < 4.78 is 38.2. The van der Waals surface area contributed by atoms with Crippen molar-refractivity contribution in [2.45, 2.75) is 34.1 Å². The number of fused-ring (bicyclic) bond motifs is 1. The number of anilines is 1. The van der Waals surface area contributed by atoms with Gasteiger partial charge in [0.15, 0.2) is 16.4 Å². The molecule has 1 N–H and O–H groups in total. The van der Waals surface area contributed by atoms with Crippen LogP contribution in [0.4, 0.5) is 5.69 Å². The Labute approximate surface area is 161 Å². The number of rotatable bonds is 7. The number of benzene rings is 1. The topological polar surface area (TPSA) is 84.9 Å². The van der Waals surface area contributed by atoms with Gasteiger partial charge in [0.1, 0.15) is 0 Å². The van der Waals surface area contributed by atoms with Crippen molar-refractivity contribution in [3.63, 3.8) is 0 Å². The minimum Gasteiger partial charge on any atom is -0.493 e. The number of sulfonamides is 1. The Hall–Kier alpha value is -2.22. The summed E-state index contributed by atoms with van der Waals surface area (Å²) in [7, 11) is -0.959. The zero-order chi connectivity index (χ0) is 20.4. The van der Waals surface area contributed by atoms with Crippen LogP contribution in [0.5, 0.6) is 11.5 Å². The van der Waals surface area contributed by atoms with E-state index in [4.69, 9.17) is 9.47 Å².